The van der Waals surface area contributed by atoms with Crippen molar-refractivity contribution < 1.29 is 9.90 Å². The molecule has 1 aromatic heterocycles. The zero-order valence-corrected chi connectivity index (χ0v) is 12.6. The van der Waals surface area contributed by atoms with Crippen molar-refractivity contribution >= 4 is 11.7 Å². The quantitative estimate of drug-likeness (QED) is 0.941. The summed E-state index contributed by atoms with van der Waals surface area (Å²) in [5.41, 5.74) is 3.84. The highest BCUT2D eigenvalue weighted by Crippen LogP contribution is 2.46. The van der Waals surface area contributed by atoms with Gasteiger partial charge < -0.3 is 14.6 Å². The van der Waals surface area contributed by atoms with Crippen molar-refractivity contribution in [2.75, 3.05) is 18.0 Å². The fourth-order valence-electron chi connectivity index (χ4n) is 3.42. The predicted molar refractivity (Wildman–Crippen MR) is 83.3 cm³/mol. The van der Waals surface area contributed by atoms with E-state index < -0.39 is 5.97 Å². The Balaban J connectivity index is 1.50. The smallest absolute Gasteiger partial charge is 0.356 e. The summed E-state index contributed by atoms with van der Waals surface area (Å²) in [5.74, 6) is 0.874. The monoisotopic (exact) mass is 297 g/mol. The molecule has 5 heteroatoms. The predicted octanol–water partition coefficient (Wildman–Crippen LogP) is 2.39. The summed E-state index contributed by atoms with van der Waals surface area (Å²) in [6.07, 6.45) is 4.56. The summed E-state index contributed by atoms with van der Waals surface area (Å²) < 4.78 is 1.82. The molecular weight excluding hydrogens is 278 g/mol. The molecule has 2 aliphatic rings. The Hall–Kier alpha value is -2.30. The van der Waals surface area contributed by atoms with E-state index in [-0.39, 0.29) is 5.69 Å². The van der Waals surface area contributed by atoms with Gasteiger partial charge in [0.05, 0.1) is 6.33 Å². The van der Waals surface area contributed by atoms with Crippen LogP contribution in [0.1, 0.15) is 28.0 Å². The number of aromatic carboxylic acids is 1. The Morgan fingerprint density at radius 1 is 1.36 bits per heavy atom. The Bertz CT molecular complexity index is 727. The summed E-state index contributed by atoms with van der Waals surface area (Å²) >= 11 is 0. The van der Waals surface area contributed by atoms with Crippen LogP contribution in [0.3, 0.4) is 0 Å². The van der Waals surface area contributed by atoms with Crippen molar-refractivity contribution in [1.29, 1.82) is 0 Å². The fourth-order valence-corrected chi connectivity index (χ4v) is 3.42. The number of carboxylic acids is 1. The number of carboxylic acid groups (broad SMARTS) is 1. The molecule has 114 valence electrons. The molecular formula is C17H19N3O2. The molecule has 22 heavy (non-hydrogen) atoms. The van der Waals surface area contributed by atoms with Crippen LogP contribution in [0.5, 0.6) is 0 Å². The molecule has 2 atom stereocenters. The summed E-state index contributed by atoms with van der Waals surface area (Å²) in [6, 6.07) is 6.58. The van der Waals surface area contributed by atoms with E-state index in [0.29, 0.717) is 6.54 Å². The van der Waals surface area contributed by atoms with E-state index >= 15 is 0 Å². The number of aromatic nitrogens is 2. The van der Waals surface area contributed by atoms with Gasteiger partial charge in [-0.05, 0) is 48.4 Å². The van der Waals surface area contributed by atoms with E-state index in [1.54, 1.807) is 12.5 Å². The Labute approximate surface area is 129 Å². The molecule has 1 aliphatic carbocycles. The maximum Gasteiger partial charge on any atom is 0.356 e. The van der Waals surface area contributed by atoms with Gasteiger partial charge in [-0.15, -0.1) is 0 Å². The Morgan fingerprint density at radius 2 is 2.14 bits per heavy atom. The minimum atomic E-state index is -0.988. The van der Waals surface area contributed by atoms with Crippen LogP contribution in [-0.4, -0.2) is 33.7 Å². The van der Waals surface area contributed by atoms with Crippen molar-refractivity contribution in [2.45, 2.75) is 19.9 Å². The molecule has 2 fully saturated rings. The van der Waals surface area contributed by atoms with Crippen LogP contribution >= 0.6 is 0 Å². The van der Waals surface area contributed by atoms with Crippen LogP contribution in [0, 0.1) is 18.8 Å². The van der Waals surface area contributed by atoms with Crippen LogP contribution in [0.25, 0.3) is 0 Å². The zero-order valence-electron chi connectivity index (χ0n) is 12.6. The topological polar surface area (TPSA) is 58.4 Å². The lowest BCUT2D eigenvalue weighted by Crippen LogP contribution is -2.21. The van der Waals surface area contributed by atoms with Crippen molar-refractivity contribution in [3.63, 3.8) is 0 Å². The van der Waals surface area contributed by atoms with Crippen molar-refractivity contribution in [3.05, 3.63) is 47.5 Å². The molecule has 5 nitrogen and oxygen atoms in total. The average Bonchev–Trinajstić information content (AvgIpc) is 2.89. The van der Waals surface area contributed by atoms with Crippen LogP contribution in [0.15, 0.2) is 30.7 Å². The summed E-state index contributed by atoms with van der Waals surface area (Å²) in [4.78, 5) is 17.2. The molecule has 0 radical (unpaired) electrons. The van der Waals surface area contributed by atoms with E-state index in [0.717, 1.165) is 11.8 Å². The first-order chi connectivity index (χ1) is 10.6. The molecule has 2 unspecified atom stereocenters. The molecule has 1 saturated heterocycles. The van der Waals surface area contributed by atoms with Gasteiger partial charge in [-0.2, -0.15) is 0 Å². The minimum Gasteiger partial charge on any atom is -0.476 e. The maximum absolute atomic E-state index is 10.9. The van der Waals surface area contributed by atoms with Gasteiger partial charge in [0.2, 0.25) is 0 Å². The van der Waals surface area contributed by atoms with Crippen molar-refractivity contribution in [2.24, 2.45) is 11.8 Å². The van der Waals surface area contributed by atoms with Gasteiger partial charge in [0, 0.05) is 31.5 Å². The van der Waals surface area contributed by atoms with Gasteiger partial charge in [0.25, 0.3) is 0 Å². The van der Waals surface area contributed by atoms with E-state index in [2.05, 4.69) is 35.0 Å². The third-order valence-electron chi connectivity index (χ3n) is 4.88. The van der Waals surface area contributed by atoms with Gasteiger partial charge in [0.15, 0.2) is 5.69 Å². The van der Waals surface area contributed by atoms with Crippen molar-refractivity contribution in [1.82, 2.24) is 9.55 Å². The third kappa shape index (κ3) is 2.36. The number of piperidine rings is 1. The van der Waals surface area contributed by atoms with Gasteiger partial charge in [-0.25, -0.2) is 9.78 Å². The highest BCUT2D eigenvalue weighted by Gasteiger charge is 2.45. The Kier molecular flexibility index (Phi) is 2.96. The van der Waals surface area contributed by atoms with Crippen LogP contribution < -0.4 is 4.90 Å². The maximum atomic E-state index is 10.9. The number of carbonyl (C=O) groups is 1. The molecule has 0 spiro atoms. The molecule has 2 heterocycles. The largest absolute Gasteiger partial charge is 0.476 e. The van der Waals surface area contributed by atoms with Crippen LogP contribution in [0.4, 0.5) is 5.69 Å². The molecule has 1 N–H and O–H groups in total. The molecule has 1 aliphatic heterocycles. The number of aryl methyl sites for hydroxylation is 1. The number of hydrogen-bond acceptors (Lipinski definition) is 3. The van der Waals surface area contributed by atoms with E-state index in [1.807, 2.05) is 4.57 Å². The third-order valence-corrected chi connectivity index (χ3v) is 4.88. The Morgan fingerprint density at radius 3 is 2.77 bits per heavy atom. The normalized spacial score (nSPS) is 22.7. The number of rotatable bonds is 4. The number of fused-ring (bicyclic) bond motifs is 1. The minimum absolute atomic E-state index is 0.0885. The second kappa shape index (κ2) is 4.87. The number of nitrogens with zero attached hydrogens (tertiary/aromatic N) is 3. The molecule has 0 amide bonds. The highest BCUT2D eigenvalue weighted by atomic mass is 16.4. The summed E-state index contributed by atoms with van der Waals surface area (Å²) in [6.45, 7) is 5.17. The van der Waals surface area contributed by atoms with Gasteiger partial charge >= 0.3 is 5.97 Å². The first kappa shape index (κ1) is 13.4. The lowest BCUT2D eigenvalue weighted by atomic mass is 10.1. The molecule has 1 aromatic carbocycles. The van der Waals surface area contributed by atoms with Crippen LogP contribution in [-0.2, 0) is 6.54 Å². The highest BCUT2D eigenvalue weighted by molar-refractivity contribution is 5.84. The molecule has 0 bridgehead atoms. The fraction of sp³-hybridized carbons (Fsp3) is 0.412. The first-order valence-corrected chi connectivity index (χ1v) is 7.69. The van der Waals surface area contributed by atoms with E-state index in [4.69, 9.17) is 5.11 Å². The molecule has 1 saturated carbocycles. The SMILES string of the molecule is Cc1cc(N2CC3CC3C2)ccc1Cn1cnc(C(=O)O)c1. The number of imidazole rings is 1. The van der Waals surface area contributed by atoms with Gasteiger partial charge in [-0.1, -0.05) is 6.07 Å². The van der Waals surface area contributed by atoms with E-state index in [9.17, 15) is 4.79 Å². The number of hydrogen-bond donors (Lipinski definition) is 1. The van der Waals surface area contributed by atoms with Gasteiger partial charge in [0.1, 0.15) is 0 Å². The van der Waals surface area contributed by atoms with Crippen LogP contribution in [0.2, 0.25) is 0 Å². The van der Waals surface area contributed by atoms with Gasteiger partial charge in [-0.3, -0.25) is 0 Å². The molecule has 4 rings (SSSR count). The summed E-state index contributed by atoms with van der Waals surface area (Å²) in [5, 5.41) is 8.92. The molecule has 2 aromatic rings. The van der Waals surface area contributed by atoms with E-state index in [1.165, 1.54) is 36.3 Å². The zero-order chi connectivity index (χ0) is 15.3. The second-order valence-corrected chi connectivity index (χ2v) is 6.51. The average molecular weight is 297 g/mol. The number of anilines is 1. The standard InChI is InChI=1S/C17H19N3O2/c1-11-4-15(20-7-13-5-14(13)8-20)3-2-12(11)6-19-9-16(17(21)22)18-10-19/h2-4,9-10,13-14H,5-8H2,1H3,(H,21,22). The lowest BCUT2D eigenvalue weighted by Gasteiger charge is -2.21. The summed E-state index contributed by atoms with van der Waals surface area (Å²) in [7, 11) is 0. The lowest BCUT2D eigenvalue weighted by molar-refractivity contribution is 0.0691. The van der Waals surface area contributed by atoms with Crippen molar-refractivity contribution in [3.8, 4) is 0 Å². The second-order valence-electron chi connectivity index (χ2n) is 6.51. The first-order valence-electron chi connectivity index (χ1n) is 7.69. The number of benzene rings is 1.